The van der Waals surface area contributed by atoms with Crippen LogP contribution in [0.3, 0.4) is 0 Å². The Morgan fingerprint density at radius 1 is 1.05 bits per heavy atom. The molecule has 1 heterocycles. The van der Waals surface area contributed by atoms with Crippen LogP contribution in [0.2, 0.25) is 0 Å². The molecule has 0 aromatic rings. The van der Waals surface area contributed by atoms with E-state index in [4.69, 9.17) is 0 Å². The molecule has 2 aliphatic carbocycles. The number of ketones is 1. The highest BCUT2D eigenvalue weighted by Gasteiger charge is 2.38. The lowest BCUT2D eigenvalue weighted by Crippen LogP contribution is -2.50. The van der Waals surface area contributed by atoms with Gasteiger partial charge in [0.1, 0.15) is 5.78 Å². The van der Waals surface area contributed by atoms with Crippen molar-refractivity contribution in [3.63, 3.8) is 0 Å². The van der Waals surface area contributed by atoms with E-state index < -0.39 is 0 Å². The van der Waals surface area contributed by atoms with Crippen molar-refractivity contribution < 1.29 is 9.59 Å². The number of Topliss-reactive ketones (excluding diaryl/α,β-unsaturated/α-hetero) is 1. The van der Waals surface area contributed by atoms with Crippen molar-refractivity contribution in [3.8, 4) is 0 Å². The number of carbonyl (C=O) groups excluding carboxylic acids is 2. The Bertz CT molecular complexity index is 362. The fraction of sp³-hybridized carbons (Fsp3) is 0.875. The lowest BCUT2D eigenvalue weighted by molar-refractivity contribution is -0.139. The van der Waals surface area contributed by atoms with Gasteiger partial charge in [-0.05, 0) is 50.9 Å². The summed E-state index contributed by atoms with van der Waals surface area (Å²) in [6.45, 7) is 0.889. The molecule has 2 atom stereocenters. The molecule has 1 saturated heterocycles. The maximum Gasteiger partial charge on any atom is 0.223 e. The molecular formula is C16H25NO2. The van der Waals surface area contributed by atoms with Crippen LogP contribution >= 0.6 is 0 Å². The third-order valence-electron chi connectivity index (χ3n) is 5.10. The molecule has 2 unspecified atom stereocenters. The van der Waals surface area contributed by atoms with Gasteiger partial charge in [-0.2, -0.15) is 0 Å². The van der Waals surface area contributed by atoms with Gasteiger partial charge < -0.3 is 4.90 Å². The Balaban J connectivity index is 1.68. The van der Waals surface area contributed by atoms with E-state index in [1.165, 1.54) is 19.3 Å². The van der Waals surface area contributed by atoms with Crippen LogP contribution in [-0.4, -0.2) is 29.2 Å². The molecule has 1 aliphatic heterocycles. The summed E-state index contributed by atoms with van der Waals surface area (Å²) < 4.78 is 0. The Hall–Kier alpha value is -0.860. The number of hydrogen-bond acceptors (Lipinski definition) is 2. The SMILES string of the molecule is O=C1CCCCC1C1CCCCN1C(=O)CC1CC1. The zero-order valence-electron chi connectivity index (χ0n) is 11.8. The Labute approximate surface area is 115 Å². The van der Waals surface area contributed by atoms with Gasteiger partial charge in [0.05, 0.1) is 0 Å². The molecule has 3 heteroatoms. The third-order valence-corrected chi connectivity index (χ3v) is 5.10. The molecule has 19 heavy (non-hydrogen) atoms. The predicted molar refractivity (Wildman–Crippen MR) is 73.7 cm³/mol. The largest absolute Gasteiger partial charge is 0.339 e. The number of rotatable bonds is 3. The number of hydrogen-bond donors (Lipinski definition) is 0. The Kier molecular flexibility index (Phi) is 3.90. The van der Waals surface area contributed by atoms with Crippen LogP contribution in [0, 0.1) is 11.8 Å². The standard InChI is InChI=1S/C16H25NO2/c18-15-7-2-1-5-13(15)14-6-3-4-10-17(14)16(19)11-12-8-9-12/h12-14H,1-11H2. The highest BCUT2D eigenvalue weighted by Crippen LogP contribution is 2.36. The minimum absolute atomic E-state index is 0.150. The second-order valence-electron chi connectivity index (χ2n) is 6.62. The minimum atomic E-state index is 0.150. The molecule has 2 saturated carbocycles. The van der Waals surface area contributed by atoms with Crippen LogP contribution in [0.15, 0.2) is 0 Å². The van der Waals surface area contributed by atoms with Gasteiger partial charge in [-0.15, -0.1) is 0 Å². The zero-order chi connectivity index (χ0) is 13.2. The first-order valence-electron chi connectivity index (χ1n) is 8.08. The summed E-state index contributed by atoms with van der Waals surface area (Å²) in [6, 6.07) is 0.229. The van der Waals surface area contributed by atoms with Crippen molar-refractivity contribution in [1.29, 1.82) is 0 Å². The summed E-state index contributed by atoms with van der Waals surface area (Å²) in [4.78, 5) is 26.7. The highest BCUT2D eigenvalue weighted by molar-refractivity contribution is 5.84. The second-order valence-corrected chi connectivity index (χ2v) is 6.62. The van der Waals surface area contributed by atoms with Gasteiger partial charge in [-0.3, -0.25) is 9.59 Å². The van der Waals surface area contributed by atoms with Crippen LogP contribution in [0.25, 0.3) is 0 Å². The number of likely N-dealkylation sites (tertiary alicyclic amines) is 1. The summed E-state index contributed by atoms with van der Waals surface area (Å²) in [6.07, 6.45) is 10.5. The first-order valence-corrected chi connectivity index (χ1v) is 8.08. The molecule has 106 valence electrons. The molecule has 3 rings (SSSR count). The average molecular weight is 263 g/mol. The normalized spacial score (nSPS) is 32.4. The van der Waals surface area contributed by atoms with Crippen molar-refractivity contribution in [3.05, 3.63) is 0 Å². The fourth-order valence-corrected chi connectivity index (χ4v) is 3.79. The lowest BCUT2D eigenvalue weighted by atomic mass is 9.79. The van der Waals surface area contributed by atoms with Crippen molar-refractivity contribution in [1.82, 2.24) is 4.90 Å². The smallest absolute Gasteiger partial charge is 0.223 e. The highest BCUT2D eigenvalue weighted by atomic mass is 16.2. The third kappa shape index (κ3) is 3.01. The number of carbonyl (C=O) groups is 2. The second kappa shape index (κ2) is 5.64. The molecule has 1 amide bonds. The van der Waals surface area contributed by atoms with Crippen molar-refractivity contribution >= 4 is 11.7 Å². The topological polar surface area (TPSA) is 37.4 Å². The molecule has 0 aromatic heterocycles. The van der Waals surface area contributed by atoms with Gasteiger partial charge in [0.25, 0.3) is 0 Å². The summed E-state index contributed by atoms with van der Waals surface area (Å²) in [5.74, 6) is 1.54. The van der Waals surface area contributed by atoms with E-state index in [0.29, 0.717) is 17.6 Å². The number of piperidine rings is 1. The molecule has 0 spiro atoms. The van der Waals surface area contributed by atoms with Crippen molar-refractivity contribution in [2.45, 2.75) is 70.3 Å². The Morgan fingerprint density at radius 3 is 2.58 bits per heavy atom. The first-order chi connectivity index (χ1) is 9.25. The zero-order valence-corrected chi connectivity index (χ0v) is 11.8. The van der Waals surface area contributed by atoms with Gasteiger partial charge in [-0.1, -0.05) is 6.42 Å². The minimum Gasteiger partial charge on any atom is -0.339 e. The van der Waals surface area contributed by atoms with E-state index >= 15 is 0 Å². The van der Waals surface area contributed by atoms with Crippen LogP contribution in [0.4, 0.5) is 0 Å². The molecular weight excluding hydrogens is 238 g/mol. The molecule has 0 N–H and O–H groups in total. The van der Waals surface area contributed by atoms with Crippen LogP contribution < -0.4 is 0 Å². The van der Waals surface area contributed by atoms with E-state index in [-0.39, 0.29) is 12.0 Å². The average Bonchev–Trinajstić information content (AvgIpc) is 3.23. The van der Waals surface area contributed by atoms with Gasteiger partial charge in [0, 0.05) is 31.3 Å². The van der Waals surface area contributed by atoms with Gasteiger partial charge in [-0.25, -0.2) is 0 Å². The quantitative estimate of drug-likeness (QED) is 0.785. The van der Waals surface area contributed by atoms with Crippen LogP contribution in [-0.2, 0) is 9.59 Å². The van der Waals surface area contributed by atoms with E-state index in [9.17, 15) is 9.59 Å². The van der Waals surface area contributed by atoms with Crippen LogP contribution in [0.5, 0.6) is 0 Å². The first kappa shape index (κ1) is 13.1. The van der Waals surface area contributed by atoms with Crippen molar-refractivity contribution in [2.24, 2.45) is 11.8 Å². The summed E-state index contributed by atoms with van der Waals surface area (Å²) in [5.41, 5.74) is 0. The van der Waals surface area contributed by atoms with E-state index in [2.05, 4.69) is 4.90 Å². The summed E-state index contributed by atoms with van der Waals surface area (Å²) in [5, 5.41) is 0. The maximum absolute atomic E-state index is 12.4. The molecule has 3 aliphatic rings. The molecule has 3 fully saturated rings. The summed E-state index contributed by atoms with van der Waals surface area (Å²) in [7, 11) is 0. The van der Waals surface area contributed by atoms with Crippen molar-refractivity contribution in [2.75, 3.05) is 6.54 Å². The maximum atomic E-state index is 12.4. The monoisotopic (exact) mass is 263 g/mol. The fourth-order valence-electron chi connectivity index (χ4n) is 3.79. The predicted octanol–water partition coefficient (Wildman–Crippen LogP) is 2.93. The van der Waals surface area contributed by atoms with Crippen LogP contribution in [0.1, 0.15) is 64.2 Å². The lowest BCUT2D eigenvalue weighted by Gasteiger charge is -2.41. The van der Waals surface area contributed by atoms with E-state index in [1.54, 1.807) is 0 Å². The molecule has 0 aromatic carbocycles. The van der Waals surface area contributed by atoms with Gasteiger partial charge in [0.15, 0.2) is 0 Å². The molecule has 3 nitrogen and oxygen atoms in total. The summed E-state index contributed by atoms with van der Waals surface area (Å²) >= 11 is 0. The van der Waals surface area contributed by atoms with E-state index in [0.717, 1.165) is 51.5 Å². The number of nitrogens with zero attached hydrogens (tertiary/aromatic N) is 1. The van der Waals surface area contributed by atoms with Gasteiger partial charge in [0.2, 0.25) is 5.91 Å². The molecule has 0 radical (unpaired) electrons. The Morgan fingerprint density at radius 2 is 1.84 bits per heavy atom. The number of amides is 1. The molecule has 0 bridgehead atoms. The van der Waals surface area contributed by atoms with Gasteiger partial charge >= 0.3 is 0 Å². The van der Waals surface area contributed by atoms with E-state index in [1.807, 2.05) is 0 Å².